The number of ether oxygens (including phenoxy) is 1. The van der Waals surface area contributed by atoms with Crippen LogP contribution in [0.25, 0.3) is 0 Å². The first kappa shape index (κ1) is 15.0. The maximum atomic E-state index is 5.93. The van der Waals surface area contributed by atoms with Crippen LogP contribution in [0.15, 0.2) is 41.0 Å². The van der Waals surface area contributed by atoms with E-state index in [-0.39, 0.29) is 6.04 Å². The highest BCUT2D eigenvalue weighted by molar-refractivity contribution is 9.10. The zero-order valence-corrected chi connectivity index (χ0v) is 13.5. The van der Waals surface area contributed by atoms with Gasteiger partial charge in [-0.25, -0.2) is 4.98 Å². The summed E-state index contributed by atoms with van der Waals surface area (Å²) >= 11 is 3.49. The molecule has 0 amide bonds. The zero-order chi connectivity index (χ0) is 14.7. The van der Waals surface area contributed by atoms with Gasteiger partial charge in [-0.3, -0.25) is 0 Å². The number of hydrogen-bond donors (Lipinski definition) is 1. The third kappa shape index (κ3) is 3.58. The maximum Gasteiger partial charge on any atom is 0.219 e. The minimum absolute atomic E-state index is 0.0326. The number of aromatic nitrogens is 1. The highest BCUT2D eigenvalue weighted by atomic mass is 79.9. The first-order chi connectivity index (χ1) is 9.47. The van der Waals surface area contributed by atoms with Crippen LogP contribution in [0.1, 0.15) is 43.9 Å². The minimum Gasteiger partial charge on any atom is -0.439 e. The molecule has 0 saturated heterocycles. The first-order valence-corrected chi connectivity index (χ1v) is 7.45. The molecule has 1 atom stereocenters. The summed E-state index contributed by atoms with van der Waals surface area (Å²) in [5.41, 5.74) is 8.04. The van der Waals surface area contributed by atoms with Crippen molar-refractivity contribution in [3.05, 3.63) is 52.1 Å². The lowest BCUT2D eigenvalue weighted by Gasteiger charge is -2.14. The molecule has 0 bridgehead atoms. The first-order valence-electron chi connectivity index (χ1n) is 6.66. The van der Waals surface area contributed by atoms with Crippen molar-refractivity contribution in [2.75, 3.05) is 0 Å². The number of pyridine rings is 1. The molecule has 0 fully saturated rings. The smallest absolute Gasteiger partial charge is 0.219 e. The van der Waals surface area contributed by atoms with Crippen LogP contribution < -0.4 is 10.5 Å². The van der Waals surface area contributed by atoms with E-state index in [2.05, 4.69) is 40.8 Å². The second-order valence-electron chi connectivity index (χ2n) is 5.15. The van der Waals surface area contributed by atoms with Gasteiger partial charge in [0, 0.05) is 22.8 Å². The van der Waals surface area contributed by atoms with Crippen molar-refractivity contribution >= 4 is 15.9 Å². The average Bonchev–Trinajstić information content (AvgIpc) is 2.41. The molecule has 0 radical (unpaired) electrons. The summed E-state index contributed by atoms with van der Waals surface area (Å²) in [6, 6.07) is 9.76. The molecule has 0 aliphatic heterocycles. The van der Waals surface area contributed by atoms with Crippen LogP contribution in [-0.4, -0.2) is 4.98 Å². The third-order valence-electron chi connectivity index (χ3n) is 3.09. The fraction of sp³-hybridized carbons (Fsp3) is 0.312. The van der Waals surface area contributed by atoms with E-state index >= 15 is 0 Å². The second kappa shape index (κ2) is 6.37. The monoisotopic (exact) mass is 334 g/mol. The molecule has 4 heteroatoms. The highest BCUT2D eigenvalue weighted by Gasteiger charge is 2.11. The van der Waals surface area contributed by atoms with Crippen molar-refractivity contribution < 1.29 is 4.74 Å². The summed E-state index contributed by atoms with van der Waals surface area (Å²) in [5.74, 6) is 1.78. The van der Waals surface area contributed by atoms with E-state index < -0.39 is 0 Å². The third-order valence-corrected chi connectivity index (χ3v) is 3.59. The van der Waals surface area contributed by atoms with Gasteiger partial charge in [0.15, 0.2) is 0 Å². The Morgan fingerprint density at radius 1 is 1.15 bits per heavy atom. The quantitative estimate of drug-likeness (QED) is 0.875. The van der Waals surface area contributed by atoms with E-state index in [4.69, 9.17) is 10.5 Å². The molecule has 1 aromatic heterocycles. The Kier molecular flexibility index (Phi) is 4.78. The van der Waals surface area contributed by atoms with Crippen LogP contribution >= 0.6 is 15.9 Å². The van der Waals surface area contributed by atoms with Crippen molar-refractivity contribution in [1.29, 1.82) is 0 Å². The second-order valence-corrected chi connectivity index (χ2v) is 6.07. The van der Waals surface area contributed by atoms with Crippen LogP contribution in [0.5, 0.6) is 11.6 Å². The largest absolute Gasteiger partial charge is 0.439 e. The molecule has 1 aromatic carbocycles. The Labute approximate surface area is 128 Å². The Hall–Kier alpha value is -1.39. The number of nitrogens with zero attached hydrogens (tertiary/aromatic N) is 1. The maximum absolute atomic E-state index is 5.93. The molecule has 2 rings (SSSR count). The van der Waals surface area contributed by atoms with E-state index in [9.17, 15) is 0 Å². The van der Waals surface area contributed by atoms with E-state index in [0.29, 0.717) is 11.8 Å². The van der Waals surface area contributed by atoms with E-state index in [1.165, 1.54) is 0 Å². The average molecular weight is 335 g/mol. The Bertz CT molecular complexity index is 597. The van der Waals surface area contributed by atoms with E-state index in [1.54, 1.807) is 6.20 Å². The molecular formula is C16H19BrN2O. The minimum atomic E-state index is -0.0326. The van der Waals surface area contributed by atoms with Gasteiger partial charge in [0.2, 0.25) is 5.88 Å². The van der Waals surface area contributed by atoms with Gasteiger partial charge >= 0.3 is 0 Å². The van der Waals surface area contributed by atoms with Gasteiger partial charge in [0.1, 0.15) is 5.75 Å². The summed E-state index contributed by atoms with van der Waals surface area (Å²) < 4.78 is 6.98. The van der Waals surface area contributed by atoms with Crippen molar-refractivity contribution in [2.24, 2.45) is 5.73 Å². The summed E-state index contributed by atoms with van der Waals surface area (Å²) in [6.07, 6.45) is 1.72. The van der Waals surface area contributed by atoms with Crippen molar-refractivity contribution in [3.8, 4) is 11.6 Å². The molecule has 0 spiro atoms. The Morgan fingerprint density at radius 2 is 1.90 bits per heavy atom. The predicted octanol–water partition coefficient (Wildman–Crippen LogP) is 4.78. The molecule has 3 nitrogen and oxygen atoms in total. The van der Waals surface area contributed by atoms with Crippen LogP contribution in [0.4, 0.5) is 0 Å². The number of hydrogen-bond acceptors (Lipinski definition) is 3. The molecule has 20 heavy (non-hydrogen) atoms. The fourth-order valence-electron chi connectivity index (χ4n) is 1.94. The zero-order valence-electron chi connectivity index (χ0n) is 11.9. The van der Waals surface area contributed by atoms with E-state index in [0.717, 1.165) is 21.3 Å². The topological polar surface area (TPSA) is 48.1 Å². The molecule has 0 aliphatic carbocycles. The molecule has 0 saturated carbocycles. The summed E-state index contributed by atoms with van der Waals surface area (Å²) in [5, 5.41) is 0. The van der Waals surface area contributed by atoms with Gasteiger partial charge in [0.05, 0.1) is 0 Å². The van der Waals surface area contributed by atoms with Crippen molar-refractivity contribution in [3.63, 3.8) is 0 Å². The molecule has 2 N–H and O–H groups in total. The van der Waals surface area contributed by atoms with Gasteiger partial charge in [0.25, 0.3) is 0 Å². The van der Waals surface area contributed by atoms with Gasteiger partial charge in [-0.1, -0.05) is 29.8 Å². The van der Waals surface area contributed by atoms with Crippen LogP contribution in [0.2, 0.25) is 0 Å². The molecule has 2 aromatic rings. The summed E-state index contributed by atoms with van der Waals surface area (Å²) in [6.45, 7) is 6.22. The molecule has 0 unspecified atom stereocenters. The van der Waals surface area contributed by atoms with Crippen LogP contribution in [-0.2, 0) is 0 Å². The fourth-order valence-corrected chi connectivity index (χ4v) is 2.32. The number of rotatable bonds is 4. The Balaban J connectivity index is 2.32. The van der Waals surface area contributed by atoms with Crippen LogP contribution in [0, 0.1) is 0 Å². The van der Waals surface area contributed by atoms with Gasteiger partial charge < -0.3 is 10.5 Å². The molecular weight excluding hydrogens is 316 g/mol. The van der Waals surface area contributed by atoms with Crippen LogP contribution in [0.3, 0.4) is 0 Å². The summed E-state index contributed by atoms with van der Waals surface area (Å²) in [4.78, 5) is 4.25. The normalized spacial score (nSPS) is 12.5. The lowest BCUT2D eigenvalue weighted by atomic mass is 10.0. The van der Waals surface area contributed by atoms with Gasteiger partial charge in [-0.15, -0.1) is 0 Å². The Morgan fingerprint density at radius 3 is 2.55 bits per heavy atom. The van der Waals surface area contributed by atoms with Crippen molar-refractivity contribution in [1.82, 2.24) is 4.98 Å². The predicted molar refractivity (Wildman–Crippen MR) is 85.1 cm³/mol. The van der Waals surface area contributed by atoms with Crippen molar-refractivity contribution in [2.45, 2.75) is 32.7 Å². The molecule has 106 valence electrons. The van der Waals surface area contributed by atoms with E-state index in [1.807, 2.05) is 31.2 Å². The number of halogens is 1. The molecule has 0 aliphatic rings. The van der Waals surface area contributed by atoms with Gasteiger partial charge in [-0.05, 0) is 48.2 Å². The molecule has 1 heterocycles. The van der Waals surface area contributed by atoms with Gasteiger partial charge in [-0.2, -0.15) is 0 Å². The lowest BCUT2D eigenvalue weighted by molar-refractivity contribution is 0.453. The number of nitrogens with two attached hydrogens (primary N) is 1. The lowest BCUT2D eigenvalue weighted by Crippen LogP contribution is -2.05. The number of benzene rings is 1. The summed E-state index contributed by atoms with van der Waals surface area (Å²) in [7, 11) is 0. The highest BCUT2D eigenvalue weighted by Crippen LogP contribution is 2.32. The standard InChI is InChI=1S/C16H19BrN2O/c1-10(2)14-9-13(17)4-5-15(14)20-16-8-12(11(3)18)6-7-19-16/h4-11H,18H2,1-3H3/t11-/m1/s1. The SMILES string of the molecule is CC(C)c1cc(Br)ccc1Oc1cc([C@@H](C)N)ccn1.